The predicted molar refractivity (Wildman–Crippen MR) is 79.3 cm³/mol. The van der Waals surface area contributed by atoms with Crippen LogP contribution in [0.15, 0.2) is 72.1 Å². The molecular formula is C15H15NO3S. The number of rotatable bonds is 5. The molecule has 0 saturated heterocycles. The fourth-order valence-electron chi connectivity index (χ4n) is 1.80. The fraction of sp³-hybridized carbons (Fsp3) is 0.0667. The van der Waals surface area contributed by atoms with Gasteiger partial charge in [0.1, 0.15) is 5.75 Å². The third kappa shape index (κ3) is 2.83. The molecule has 2 aromatic rings. The van der Waals surface area contributed by atoms with Crippen LogP contribution in [0.5, 0.6) is 5.75 Å². The molecule has 1 N–H and O–H groups in total. The molecule has 0 aliphatic heterocycles. The number of aromatic hydroxyl groups is 1. The molecule has 20 heavy (non-hydrogen) atoms. The van der Waals surface area contributed by atoms with E-state index in [2.05, 4.69) is 6.58 Å². The van der Waals surface area contributed by atoms with Crippen LogP contribution >= 0.6 is 0 Å². The Morgan fingerprint density at radius 1 is 1.05 bits per heavy atom. The quantitative estimate of drug-likeness (QED) is 0.861. The topological polar surface area (TPSA) is 57.6 Å². The first-order valence-corrected chi connectivity index (χ1v) is 7.47. The Labute approximate surface area is 118 Å². The van der Waals surface area contributed by atoms with Crippen LogP contribution in [-0.2, 0) is 10.0 Å². The average Bonchev–Trinajstić information content (AvgIpc) is 2.47. The van der Waals surface area contributed by atoms with E-state index in [1.807, 2.05) is 0 Å². The smallest absolute Gasteiger partial charge is 0.264 e. The number of phenolic OH excluding ortho intramolecular Hbond substituents is 1. The van der Waals surface area contributed by atoms with E-state index in [1.165, 1.54) is 22.5 Å². The van der Waals surface area contributed by atoms with Crippen LogP contribution in [0, 0.1) is 0 Å². The molecule has 0 heterocycles. The van der Waals surface area contributed by atoms with E-state index in [0.717, 1.165) is 0 Å². The molecule has 2 aromatic carbocycles. The van der Waals surface area contributed by atoms with Crippen LogP contribution in [-0.4, -0.2) is 20.1 Å². The van der Waals surface area contributed by atoms with E-state index >= 15 is 0 Å². The second-order valence-electron chi connectivity index (χ2n) is 4.15. The highest BCUT2D eigenvalue weighted by molar-refractivity contribution is 7.92. The predicted octanol–water partition coefficient (Wildman–Crippen LogP) is 2.77. The average molecular weight is 289 g/mol. The van der Waals surface area contributed by atoms with Crippen molar-refractivity contribution in [3.05, 3.63) is 67.3 Å². The van der Waals surface area contributed by atoms with E-state index in [4.69, 9.17) is 0 Å². The normalized spacial score (nSPS) is 11.0. The van der Waals surface area contributed by atoms with Gasteiger partial charge in [-0.15, -0.1) is 6.58 Å². The van der Waals surface area contributed by atoms with Gasteiger partial charge in [0.05, 0.1) is 17.1 Å². The maximum atomic E-state index is 12.6. The summed E-state index contributed by atoms with van der Waals surface area (Å²) in [7, 11) is -3.65. The lowest BCUT2D eigenvalue weighted by Gasteiger charge is -2.23. The minimum atomic E-state index is -3.65. The standard InChI is InChI=1S/C15H15NO3S/c1-2-12-16(13-8-10-14(17)11-9-13)20(18,19)15-6-4-3-5-7-15/h2-11,17H,1,12H2. The molecule has 0 radical (unpaired) electrons. The number of hydrogen-bond acceptors (Lipinski definition) is 3. The molecule has 0 aliphatic rings. The zero-order chi connectivity index (χ0) is 14.6. The number of nitrogens with zero attached hydrogens (tertiary/aromatic N) is 1. The van der Waals surface area contributed by atoms with Crippen LogP contribution in [0.25, 0.3) is 0 Å². The van der Waals surface area contributed by atoms with Gasteiger partial charge in [-0.3, -0.25) is 4.31 Å². The first kappa shape index (κ1) is 14.1. The number of anilines is 1. The molecule has 5 heteroatoms. The summed E-state index contributed by atoms with van der Waals surface area (Å²) >= 11 is 0. The third-order valence-corrected chi connectivity index (χ3v) is 4.57. The van der Waals surface area contributed by atoms with Crippen molar-refractivity contribution in [2.75, 3.05) is 10.8 Å². The second-order valence-corrected chi connectivity index (χ2v) is 6.02. The summed E-state index contributed by atoms with van der Waals surface area (Å²) < 4.78 is 26.5. The first-order chi connectivity index (χ1) is 9.55. The van der Waals surface area contributed by atoms with Gasteiger partial charge in [-0.2, -0.15) is 0 Å². The Morgan fingerprint density at radius 3 is 2.20 bits per heavy atom. The van der Waals surface area contributed by atoms with Crippen molar-refractivity contribution in [1.29, 1.82) is 0 Å². The van der Waals surface area contributed by atoms with E-state index in [0.29, 0.717) is 5.69 Å². The van der Waals surface area contributed by atoms with Crippen molar-refractivity contribution in [2.45, 2.75) is 4.90 Å². The molecule has 0 fully saturated rings. The maximum Gasteiger partial charge on any atom is 0.264 e. The van der Waals surface area contributed by atoms with E-state index in [-0.39, 0.29) is 17.2 Å². The van der Waals surface area contributed by atoms with Crippen molar-refractivity contribution in [3.63, 3.8) is 0 Å². The molecule has 2 rings (SSSR count). The van der Waals surface area contributed by atoms with Gasteiger partial charge in [-0.25, -0.2) is 8.42 Å². The van der Waals surface area contributed by atoms with Crippen molar-refractivity contribution in [3.8, 4) is 5.75 Å². The summed E-state index contributed by atoms with van der Waals surface area (Å²) in [6.07, 6.45) is 1.52. The van der Waals surface area contributed by atoms with Crippen LogP contribution in [0.4, 0.5) is 5.69 Å². The van der Waals surface area contributed by atoms with Crippen molar-refractivity contribution >= 4 is 15.7 Å². The minimum absolute atomic E-state index is 0.0874. The summed E-state index contributed by atoms with van der Waals surface area (Å²) in [4.78, 5) is 0.218. The molecule has 0 aliphatic carbocycles. The van der Waals surface area contributed by atoms with Crippen molar-refractivity contribution in [1.82, 2.24) is 0 Å². The molecule has 0 amide bonds. The summed E-state index contributed by atoms with van der Waals surface area (Å²) in [5, 5.41) is 9.30. The summed E-state index contributed by atoms with van der Waals surface area (Å²) in [5.41, 5.74) is 0.478. The monoisotopic (exact) mass is 289 g/mol. The van der Waals surface area contributed by atoms with Gasteiger partial charge in [-0.05, 0) is 36.4 Å². The van der Waals surface area contributed by atoms with E-state index in [1.54, 1.807) is 42.5 Å². The Kier molecular flexibility index (Phi) is 4.10. The van der Waals surface area contributed by atoms with Crippen molar-refractivity contribution in [2.24, 2.45) is 0 Å². The lowest BCUT2D eigenvalue weighted by atomic mass is 10.3. The SMILES string of the molecule is C=CCN(c1ccc(O)cc1)S(=O)(=O)c1ccccc1. The highest BCUT2D eigenvalue weighted by atomic mass is 32.2. The second kappa shape index (κ2) is 5.79. The molecule has 0 unspecified atom stereocenters. The number of hydrogen-bond donors (Lipinski definition) is 1. The van der Waals surface area contributed by atoms with Gasteiger partial charge in [-0.1, -0.05) is 24.3 Å². The molecular weight excluding hydrogens is 274 g/mol. The van der Waals surface area contributed by atoms with Gasteiger partial charge in [0.25, 0.3) is 10.0 Å². The Hall–Kier alpha value is -2.27. The molecule has 4 nitrogen and oxygen atoms in total. The summed E-state index contributed by atoms with van der Waals surface area (Å²) in [6, 6.07) is 14.2. The first-order valence-electron chi connectivity index (χ1n) is 6.03. The molecule has 0 bridgehead atoms. The third-order valence-electron chi connectivity index (χ3n) is 2.76. The number of sulfonamides is 1. The van der Waals surface area contributed by atoms with Crippen LogP contribution in [0.1, 0.15) is 0 Å². The Morgan fingerprint density at radius 2 is 1.65 bits per heavy atom. The molecule has 0 atom stereocenters. The van der Waals surface area contributed by atoms with Gasteiger partial charge < -0.3 is 5.11 Å². The lowest BCUT2D eigenvalue weighted by Crippen LogP contribution is -2.31. The fourth-order valence-corrected chi connectivity index (χ4v) is 3.25. The molecule has 0 aromatic heterocycles. The molecule has 0 spiro atoms. The largest absolute Gasteiger partial charge is 0.508 e. The van der Waals surface area contributed by atoms with Gasteiger partial charge >= 0.3 is 0 Å². The van der Waals surface area contributed by atoms with Crippen LogP contribution in [0.2, 0.25) is 0 Å². The van der Waals surface area contributed by atoms with Gasteiger partial charge in [0, 0.05) is 0 Å². The van der Waals surface area contributed by atoms with E-state index in [9.17, 15) is 13.5 Å². The highest BCUT2D eigenvalue weighted by Gasteiger charge is 2.23. The number of phenols is 1. The molecule has 0 saturated carbocycles. The Bertz CT molecular complexity index is 679. The number of benzene rings is 2. The highest BCUT2D eigenvalue weighted by Crippen LogP contribution is 2.25. The zero-order valence-corrected chi connectivity index (χ0v) is 11.6. The Balaban J connectivity index is 2.48. The molecule has 104 valence electrons. The summed E-state index contributed by atoms with van der Waals surface area (Å²) in [5.74, 6) is 0.0874. The maximum absolute atomic E-state index is 12.6. The zero-order valence-electron chi connectivity index (χ0n) is 10.8. The minimum Gasteiger partial charge on any atom is -0.508 e. The van der Waals surface area contributed by atoms with Gasteiger partial charge in [0.2, 0.25) is 0 Å². The summed E-state index contributed by atoms with van der Waals surface area (Å²) in [6.45, 7) is 3.75. The van der Waals surface area contributed by atoms with E-state index < -0.39 is 10.0 Å². The van der Waals surface area contributed by atoms with Gasteiger partial charge in [0.15, 0.2) is 0 Å². The van der Waals surface area contributed by atoms with Crippen LogP contribution in [0.3, 0.4) is 0 Å². The lowest BCUT2D eigenvalue weighted by molar-refractivity contribution is 0.475. The van der Waals surface area contributed by atoms with Crippen LogP contribution < -0.4 is 4.31 Å². The van der Waals surface area contributed by atoms with Crippen molar-refractivity contribution < 1.29 is 13.5 Å².